The minimum absolute atomic E-state index is 0.0275. The molecule has 0 aromatic rings. The Hall–Kier alpha value is -1.36. The Morgan fingerprint density at radius 2 is 1.74 bits per heavy atom. The van der Waals surface area contributed by atoms with E-state index in [0.717, 1.165) is 12.8 Å². The van der Waals surface area contributed by atoms with Crippen molar-refractivity contribution in [2.45, 2.75) is 80.4 Å². The first kappa shape index (κ1) is 21.9. The fourth-order valence-electron chi connectivity index (χ4n) is 3.65. The van der Waals surface area contributed by atoms with Gasteiger partial charge in [0.15, 0.2) is 0 Å². The molecule has 5 nitrogen and oxygen atoms in total. The van der Waals surface area contributed by atoms with Gasteiger partial charge in [-0.05, 0) is 61.3 Å². The molecule has 1 aliphatic carbocycles. The van der Waals surface area contributed by atoms with Crippen LogP contribution in [0, 0.1) is 22.2 Å². The van der Waals surface area contributed by atoms with Crippen LogP contribution in [0.1, 0.15) is 68.2 Å². The minimum atomic E-state index is -0.564. The molecule has 0 N–H and O–H groups in total. The SMILES string of the molecule is CC1=C[C@H]2OC[C@H](OC(=O)C(C)(C)C)[C@@H](C)[C@@]2(COC(=O)C(C)(C)C)CC1. The van der Waals surface area contributed by atoms with E-state index in [9.17, 15) is 9.59 Å². The number of esters is 2. The molecule has 1 fully saturated rings. The molecular formula is C22H36O5. The van der Waals surface area contributed by atoms with E-state index in [-0.39, 0.29) is 42.1 Å². The molecule has 0 saturated carbocycles. The largest absolute Gasteiger partial charge is 0.465 e. The fraction of sp³-hybridized carbons (Fsp3) is 0.818. The summed E-state index contributed by atoms with van der Waals surface area (Å²) in [6.45, 7) is 15.9. The van der Waals surface area contributed by atoms with Crippen LogP contribution in [0.3, 0.4) is 0 Å². The van der Waals surface area contributed by atoms with Crippen molar-refractivity contribution >= 4 is 11.9 Å². The maximum absolute atomic E-state index is 12.4. The van der Waals surface area contributed by atoms with Crippen molar-refractivity contribution in [3.63, 3.8) is 0 Å². The molecule has 2 rings (SSSR count). The molecule has 0 amide bonds. The van der Waals surface area contributed by atoms with E-state index in [1.807, 2.05) is 41.5 Å². The molecule has 0 aromatic carbocycles. The van der Waals surface area contributed by atoms with Gasteiger partial charge in [-0.2, -0.15) is 0 Å². The number of carbonyl (C=O) groups is 2. The zero-order valence-electron chi connectivity index (χ0n) is 18.2. The minimum Gasteiger partial charge on any atom is -0.465 e. The van der Waals surface area contributed by atoms with Crippen molar-refractivity contribution in [1.82, 2.24) is 0 Å². The third-order valence-corrected chi connectivity index (χ3v) is 5.85. The van der Waals surface area contributed by atoms with Crippen molar-refractivity contribution in [3.8, 4) is 0 Å². The van der Waals surface area contributed by atoms with Crippen LogP contribution >= 0.6 is 0 Å². The summed E-state index contributed by atoms with van der Waals surface area (Å²) >= 11 is 0. The Balaban J connectivity index is 2.24. The van der Waals surface area contributed by atoms with Crippen LogP contribution in [-0.4, -0.2) is 37.4 Å². The molecule has 154 valence electrons. The summed E-state index contributed by atoms with van der Waals surface area (Å²) in [5, 5.41) is 0. The van der Waals surface area contributed by atoms with E-state index in [1.165, 1.54) is 5.57 Å². The van der Waals surface area contributed by atoms with Gasteiger partial charge in [0.25, 0.3) is 0 Å². The van der Waals surface area contributed by atoms with Crippen molar-refractivity contribution in [3.05, 3.63) is 11.6 Å². The van der Waals surface area contributed by atoms with Crippen molar-refractivity contribution in [1.29, 1.82) is 0 Å². The molecule has 5 heteroatoms. The summed E-state index contributed by atoms with van der Waals surface area (Å²) in [4.78, 5) is 24.8. The van der Waals surface area contributed by atoms with Crippen LogP contribution in [0.2, 0.25) is 0 Å². The summed E-state index contributed by atoms with van der Waals surface area (Å²) < 4.78 is 17.7. The third kappa shape index (κ3) is 4.74. The highest BCUT2D eigenvalue weighted by molar-refractivity contribution is 5.76. The lowest BCUT2D eigenvalue weighted by molar-refractivity contribution is -0.209. The van der Waals surface area contributed by atoms with Gasteiger partial charge in [0, 0.05) is 11.3 Å². The smallest absolute Gasteiger partial charge is 0.311 e. The Labute approximate surface area is 163 Å². The topological polar surface area (TPSA) is 61.8 Å². The lowest BCUT2D eigenvalue weighted by Crippen LogP contribution is -2.57. The molecular weight excluding hydrogens is 344 g/mol. The summed E-state index contributed by atoms with van der Waals surface area (Å²) in [7, 11) is 0. The van der Waals surface area contributed by atoms with Gasteiger partial charge in [-0.3, -0.25) is 9.59 Å². The first-order valence-electron chi connectivity index (χ1n) is 9.94. The summed E-state index contributed by atoms with van der Waals surface area (Å²) in [5.41, 5.74) is -0.203. The summed E-state index contributed by atoms with van der Waals surface area (Å²) in [5.74, 6) is -0.423. The molecule has 2 aliphatic rings. The number of allylic oxidation sites excluding steroid dienone is 1. The van der Waals surface area contributed by atoms with E-state index in [0.29, 0.717) is 6.61 Å². The van der Waals surface area contributed by atoms with Gasteiger partial charge in [-0.25, -0.2) is 0 Å². The highest BCUT2D eigenvalue weighted by atomic mass is 16.6. The maximum atomic E-state index is 12.4. The molecule has 0 spiro atoms. The van der Waals surface area contributed by atoms with Gasteiger partial charge >= 0.3 is 11.9 Å². The molecule has 0 aromatic heterocycles. The molecule has 1 aliphatic heterocycles. The number of hydrogen-bond acceptors (Lipinski definition) is 5. The van der Waals surface area contributed by atoms with E-state index in [4.69, 9.17) is 14.2 Å². The van der Waals surface area contributed by atoms with Crippen LogP contribution in [0.5, 0.6) is 0 Å². The summed E-state index contributed by atoms with van der Waals surface area (Å²) in [6, 6.07) is 0. The fourth-order valence-corrected chi connectivity index (χ4v) is 3.65. The van der Waals surface area contributed by atoms with Gasteiger partial charge in [0.2, 0.25) is 0 Å². The Bertz CT molecular complexity index is 607. The monoisotopic (exact) mass is 380 g/mol. The lowest BCUT2D eigenvalue weighted by Gasteiger charge is -2.52. The first-order valence-corrected chi connectivity index (χ1v) is 9.94. The summed E-state index contributed by atoms with van der Waals surface area (Å²) in [6.07, 6.45) is 3.46. The van der Waals surface area contributed by atoms with Crippen LogP contribution in [0.4, 0.5) is 0 Å². The van der Waals surface area contributed by atoms with Crippen molar-refractivity contribution in [2.75, 3.05) is 13.2 Å². The van der Waals surface area contributed by atoms with Crippen LogP contribution in [0.25, 0.3) is 0 Å². The second-order valence-electron chi connectivity index (χ2n) is 10.3. The third-order valence-electron chi connectivity index (χ3n) is 5.85. The highest BCUT2D eigenvalue weighted by Crippen LogP contribution is 2.49. The number of carbonyl (C=O) groups excluding carboxylic acids is 2. The van der Waals surface area contributed by atoms with Gasteiger partial charge in [-0.1, -0.05) is 18.6 Å². The lowest BCUT2D eigenvalue weighted by atomic mass is 9.63. The maximum Gasteiger partial charge on any atom is 0.311 e. The van der Waals surface area contributed by atoms with Crippen LogP contribution in [0.15, 0.2) is 11.6 Å². The van der Waals surface area contributed by atoms with Gasteiger partial charge in [0.1, 0.15) is 12.7 Å². The van der Waals surface area contributed by atoms with Gasteiger partial charge < -0.3 is 14.2 Å². The Kier molecular flexibility index (Phi) is 6.15. The molecule has 4 atom stereocenters. The zero-order chi connectivity index (χ0) is 20.6. The first-order chi connectivity index (χ1) is 12.3. The van der Waals surface area contributed by atoms with E-state index < -0.39 is 10.8 Å². The van der Waals surface area contributed by atoms with Gasteiger partial charge in [-0.15, -0.1) is 0 Å². The number of hydrogen-bond donors (Lipinski definition) is 0. The average Bonchev–Trinajstić information content (AvgIpc) is 2.54. The average molecular weight is 381 g/mol. The second kappa shape index (κ2) is 7.57. The van der Waals surface area contributed by atoms with E-state index >= 15 is 0 Å². The molecule has 0 bridgehead atoms. The molecule has 1 saturated heterocycles. The number of ether oxygens (including phenoxy) is 3. The number of rotatable bonds is 3. The highest BCUT2D eigenvalue weighted by Gasteiger charge is 2.53. The Morgan fingerprint density at radius 1 is 1.15 bits per heavy atom. The van der Waals surface area contributed by atoms with Crippen LogP contribution in [-0.2, 0) is 23.8 Å². The second-order valence-corrected chi connectivity index (χ2v) is 10.3. The van der Waals surface area contributed by atoms with Crippen LogP contribution < -0.4 is 0 Å². The molecule has 1 heterocycles. The van der Waals surface area contributed by atoms with E-state index in [1.54, 1.807) is 0 Å². The predicted octanol–water partition coefficient (Wildman–Crippen LogP) is 4.30. The van der Waals surface area contributed by atoms with Gasteiger partial charge in [0.05, 0.1) is 23.5 Å². The standard InChI is InChI=1S/C22H36O5/c1-14-9-10-22(13-26-18(23)20(3,4)5)15(2)16(12-25-17(22)11-14)27-19(24)21(6,7)8/h11,15-17H,9-10,12-13H2,1-8H3/t15-,16+,17-,22+/m1/s1. The quantitative estimate of drug-likeness (QED) is 0.540. The van der Waals surface area contributed by atoms with E-state index in [2.05, 4.69) is 19.9 Å². The molecule has 0 unspecified atom stereocenters. The van der Waals surface area contributed by atoms with Crippen molar-refractivity contribution < 1.29 is 23.8 Å². The molecule has 27 heavy (non-hydrogen) atoms. The normalized spacial score (nSPS) is 31.6. The zero-order valence-corrected chi connectivity index (χ0v) is 18.2. The van der Waals surface area contributed by atoms with Crippen molar-refractivity contribution in [2.24, 2.45) is 22.2 Å². The number of fused-ring (bicyclic) bond motifs is 1. The predicted molar refractivity (Wildman–Crippen MR) is 104 cm³/mol. The molecule has 0 radical (unpaired) electrons. The Morgan fingerprint density at radius 3 is 2.30 bits per heavy atom.